The average Bonchev–Trinajstić information content (AvgIpc) is 2.16. The predicted octanol–water partition coefficient (Wildman–Crippen LogP) is 2.45. The normalized spacial score (nSPS) is 10.4. The van der Waals surface area contributed by atoms with Gasteiger partial charge in [-0.15, -0.1) is 0 Å². The SMILES string of the molecule is CO/C=C/c1ccc(F)cc1OC. The van der Waals surface area contributed by atoms with Crippen LogP contribution in [0, 0.1) is 5.82 Å². The second-order valence-corrected chi connectivity index (χ2v) is 2.42. The maximum Gasteiger partial charge on any atom is 0.129 e. The van der Waals surface area contributed by atoms with Gasteiger partial charge in [0.25, 0.3) is 0 Å². The minimum absolute atomic E-state index is 0.314. The second-order valence-electron chi connectivity index (χ2n) is 2.42. The van der Waals surface area contributed by atoms with Crippen molar-refractivity contribution >= 4 is 6.08 Å². The monoisotopic (exact) mass is 182 g/mol. The van der Waals surface area contributed by atoms with Gasteiger partial charge >= 0.3 is 0 Å². The third-order valence-corrected chi connectivity index (χ3v) is 1.58. The van der Waals surface area contributed by atoms with Gasteiger partial charge in [0.1, 0.15) is 11.6 Å². The maximum absolute atomic E-state index is 12.7. The first-order chi connectivity index (χ1) is 6.27. The molecule has 0 saturated carbocycles. The first kappa shape index (κ1) is 9.58. The molecule has 0 N–H and O–H groups in total. The van der Waals surface area contributed by atoms with E-state index >= 15 is 0 Å². The Labute approximate surface area is 76.6 Å². The summed E-state index contributed by atoms with van der Waals surface area (Å²) in [5.74, 6) is 0.180. The summed E-state index contributed by atoms with van der Waals surface area (Å²) in [6.45, 7) is 0. The van der Waals surface area contributed by atoms with Crippen molar-refractivity contribution in [1.29, 1.82) is 0 Å². The zero-order valence-corrected chi connectivity index (χ0v) is 7.58. The fourth-order valence-electron chi connectivity index (χ4n) is 0.964. The highest BCUT2D eigenvalue weighted by Crippen LogP contribution is 2.20. The van der Waals surface area contributed by atoms with Crippen LogP contribution in [0.5, 0.6) is 5.75 Å². The van der Waals surface area contributed by atoms with Gasteiger partial charge in [-0.3, -0.25) is 0 Å². The van der Waals surface area contributed by atoms with Crippen molar-refractivity contribution in [3.8, 4) is 5.75 Å². The minimum atomic E-state index is -0.314. The van der Waals surface area contributed by atoms with E-state index in [0.29, 0.717) is 5.75 Å². The average molecular weight is 182 g/mol. The van der Waals surface area contributed by atoms with Gasteiger partial charge in [-0.05, 0) is 18.2 Å². The number of ether oxygens (including phenoxy) is 2. The number of halogens is 1. The molecule has 0 saturated heterocycles. The number of hydrogen-bond acceptors (Lipinski definition) is 2. The molecule has 70 valence electrons. The molecule has 2 nitrogen and oxygen atoms in total. The summed E-state index contributed by atoms with van der Waals surface area (Å²) >= 11 is 0. The molecule has 0 aliphatic carbocycles. The highest BCUT2D eigenvalue weighted by molar-refractivity contribution is 5.56. The van der Waals surface area contributed by atoms with E-state index in [4.69, 9.17) is 9.47 Å². The number of benzene rings is 1. The molecule has 0 aromatic heterocycles. The molecule has 1 aromatic rings. The van der Waals surface area contributed by atoms with Gasteiger partial charge in [0, 0.05) is 11.6 Å². The third kappa shape index (κ3) is 2.47. The maximum atomic E-state index is 12.7. The van der Waals surface area contributed by atoms with Crippen LogP contribution in [0.2, 0.25) is 0 Å². The summed E-state index contributed by atoms with van der Waals surface area (Å²) in [6.07, 6.45) is 3.22. The fraction of sp³-hybridized carbons (Fsp3) is 0.200. The van der Waals surface area contributed by atoms with Crippen LogP contribution in [-0.4, -0.2) is 14.2 Å². The van der Waals surface area contributed by atoms with Crippen LogP contribution in [0.1, 0.15) is 5.56 Å². The summed E-state index contributed by atoms with van der Waals surface area (Å²) in [5, 5.41) is 0. The van der Waals surface area contributed by atoms with Crippen molar-refractivity contribution in [2.45, 2.75) is 0 Å². The lowest BCUT2D eigenvalue weighted by Gasteiger charge is -2.03. The van der Waals surface area contributed by atoms with E-state index in [1.807, 2.05) is 0 Å². The third-order valence-electron chi connectivity index (χ3n) is 1.58. The van der Waals surface area contributed by atoms with Crippen molar-refractivity contribution in [2.24, 2.45) is 0 Å². The molecular formula is C10H11FO2. The van der Waals surface area contributed by atoms with Gasteiger partial charge in [0.15, 0.2) is 0 Å². The van der Waals surface area contributed by atoms with Crippen LogP contribution < -0.4 is 4.74 Å². The van der Waals surface area contributed by atoms with E-state index in [1.165, 1.54) is 25.5 Å². The van der Waals surface area contributed by atoms with Crippen molar-refractivity contribution in [2.75, 3.05) is 14.2 Å². The molecule has 1 rings (SSSR count). The molecule has 0 aliphatic heterocycles. The van der Waals surface area contributed by atoms with Crippen molar-refractivity contribution in [1.82, 2.24) is 0 Å². The van der Waals surface area contributed by atoms with Crippen LogP contribution in [0.15, 0.2) is 24.5 Å². The quantitative estimate of drug-likeness (QED) is 0.668. The van der Waals surface area contributed by atoms with Crippen LogP contribution in [0.25, 0.3) is 6.08 Å². The lowest BCUT2D eigenvalue weighted by molar-refractivity contribution is 0.341. The molecule has 0 atom stereocenters. The van der Waals surface area contributed by atoms with Gasteiger partial charge in [-0.2, -0.15) is 0 Å². The van der Waals surface area contributed by atoms with E-state index in [0.717, 1.165) is 5.56 Å². The molecule has 0 spiro atoms. The second kappa shape index (κ2) is 4.50. The highest BCUT2D eigenvalue weighted by Gasteiger charge is 2.00. The predicted molar refractivity (Wildman–Crippen MR) is 49.0 cm³/mol. The van der Waals surface area contributed by atoms with Crippen molar-refractivity contribution in [3.05, 3.63) is 35.8 Å². The van der Waals surface area contributed by atoms with Gasteiger partial charge in [-0.25, -0.2) is 4.39 Å². The van der Waals surface area contributed by atoms with Gasteiger partial charge < -0.3 is 9.47 Å². The molecule has 1 aromatic carbocycles. The van der Waals surface area contributed by atoms with E-state index < -0.39 is 0 Å². The molecule has 0 amide bonds. The minimum Gasteiger partial charge on any atom is -0.504 e. The lowest BCUT2D eigenvalue weighted by Crippen LogP contribution is -1.88. The Morgan fingerprint density at radius 1 is 1.31 bits per heavy atom. The molecule has 13 heavy (non-hydrogen) atoms. The molecule has 0 radical (unpaired) electrons. The lowest BCUT2D eigenvalue weighted by atomic mass is 10.2. The molecule has 0 heterocycles. The van der Waals surface area contributed by atoms with E-state index in [-0.39, 0.29) is 5.82 Å². The first-order valence-corrected chi connectivity index (χ1v) is 3.81. The van der Waals surface area contributed by atoms with Crippen LogP contribution >= 0.6 is 0 Å². The Hall–Kier alpha value is -1.51. The van der Waals surface area contributed by atoms with E-state index in [1.54, 1.807) is 19.3 Å². The molecule has 0 unspecified atom stereocenters. The van der Waals surface area contributed by atoms with Gasteiger partial charge in [0.05, 0.1) is 20.5 Å². The van der Waals surface area contributed by atoms with Gasteiger partial charge in [-0.1, -0.05) is 0 Å². The summed E-state index contributed by atoms with van der Waals surface area (Å²) < 4.78 is 22.4. The summed E-state index contributed by atoms with van der Waals surface area (Å²) in [4.78, 5) is 0. The van der Waals surface area contributed by atoms with Crippen LogP contribution in [0.3, 0.4) is 0 Å². The smallest absolute Gasteiger partial charge is 0.129 e. The Morgan fingerprint density at radius 2 is 2.08 bits per heavy atom. The Kier molecular flexibility index (Phi) is 3.31. The Balaban J connectivity index is 2.99. The summed E-state index contributed by atoms with van der Waals surface area (Å²) in [6, 6.07) is 4.33. The van der Waals surface area contributed by atoms with Crippen molar-refractivity contribution in [3.63, 3.8) is 0 Å². The molecule has 0 fully saturated rings. The largest absolute Gasteiger partial charge is 0.504 e. The van der Waals surface area contributed by atoms with Crippen LogP contribution in [0.4, 0.5) is 4.39 Å². The summed E-state index contributed by atoms with van der Waals surface area (Å²) in [5.41, 5.74) is 0.783. The van der Waals surface area contributed by atoms with Crippen LogP contribution in [-0.2, 0) is 4.74 Å². The van der Waals surface area contributed by atoms with Crippen molar-refractivity contribution < 1.29 is 13.9 Å². The van der Waals surface area contributed by atoms with Gasteiger partial charge in [0.2, 0.25) is 0 Å². The molecule has 0 bridgehead atoms. The standard InChI is InChI=1S/C10H11FO2/c1-12-6-5-8-3-4-9(11)7-10(8)13-2/h3-7H,1-2H3/b6-5+. The first-order valence-electron chi connectivity index (χ1n) is 3.81. The molecular weight excluding hydrogens is 171 g/mol. The highest BCUT2D eigenvalue weighted by atomic mass is 19.1. The topological polar surface area (TPSA) is 18.5 Å². The fourth-order valence-corrected chi connectivity index (χ4v) is 0.964. The molecule has 0 aliphatic rings. The Bertz CT molecular complexity index is 308. The number of hydrogen-bond donors (Lipinski definition) is 0. The van der Waals surface area contributed by atoms with E-state index in [2.05, 4.69) is 0 Å². The molecule has 3 heteroatoms. The Morgan fingerprint density at radius 3 is 2.69 bits per heavy atom. The van der Waals surface area contributed by atoms with E-state index in [9.17, 15) is 4.39 Å². The zero-order valence-electron chi connectivity index (χ0n) is 7.58. The summed E-state index contributed by atoms with van der Waals surface area (Å²) in [7, 11) is 3.05. The zero-order chi connectivity index (χ0) is 9.68. The number of methoxy groups -OCH3 is 2. The number of rotatable bonds is 3.